The van der Waals surface area contributed by atoms with Crippen molar-refractivity contribution in [3.63, 3.8) is 0 Å². The van der Waals surface area contributed by atoms with Gasteiger partial charge in [-0.2, -0.15) is 0 Å². The van der Waals surface area contributed by atoms with Crippen molar-refractivity contribution in [1.82, 2.24) is 0 Å². The molecule has 4 nitrogen and oxygen atoms in total. The van der Waals surface area contributed by atoms with Crippen LogP contribution in [0.4, 0.5) is 0 Å². The van der Waals surface area contributed by atoms with Crippen LogP contribution >= 0.6 is 0 Å². The normalized spacial score (nSPS) is 21.3. The summed E-state index contributed by atoms with van der Waals surface area (Å²) >= 11 is 0. The quantitative estimate of drug-likeness (QED) is 0.326. The van der Waals surface area contributed by atoms with E-state index in [-0.39, 0.29) is 5.92 Å². The Balaban J connectivity index is 2.39. The first-order valence-electron chi connectivity index (χ1n) is 10.6. The summed E-state index contributed by atoms with van der Waals surface area (Å²) in [6, 6.07) is 15.3. The summed E-state index contributed by atoms with van der Waals surface area (Å²) in [5.41, 5.74) is 0.114. The molecule has 0 aliphatic heterocycles. The smallest absolute Gasteiger partial charge is 0.323 e. The van der Waals surface area contributed by atoms with Gasteiger partial charge in [-0.3, -0.25) is 9.59 Å². The van der Waals surface area contributed by atoms with Crippen LogP contribution in [0, 0.1) is 17.3 Å². The maximum absolute atomic E-state index is 12.7. The van der Waals surface area contributed by atoms with Crippen LogP contribution in [0.1, 0.15) is 39.2 Å². The van der Waals surface area contributed by atoms with E-state index < -0.39 is 25.4 Å². The van der Waals surface area contributed by atoms with Crippen molar-refractivity contribution in [2.75, 3.05) is 14.2 Å². The third-order valence-corrected chi connectivity index (χ3v) is 13.2. The second-order valence-electron chi connectivity index (χ2n) is 8.45. The predicted molar refractivity (Wildman–Crippen MR) is 115 cm³/mol. The standard InChI is InChI=1S/C23H36O4Si/c1-6-28(7-2,8-3)17-20-16-23(21(24)26-4,22(25)27-5)15-19(20)14-18-12-10-9-11-13-18/h9-13,19-20H,6-8,14-17H2,1-5H3/t19-,20+/m0/s1. The molecule has 0 bridgehead atoms. The Labute approximate surface area is 171 Å². The van der Waals surface area contributed by atoms with Crippen LogP contribution in [0.3, 0.4) is 0 Å². The topological polar surface area (TPSA) is 52.6 Å². The van der Waals surface area contributed by atoms with Crippen LogP contribution in [0.15, 0.2) is 30.3 Å². The van der Waals surface area contributed by atoms with Gasteiger partial charge in [-0.25, -0.2) is 0 Å². The lowest BCUT2D eigenvalue weighted by atomic mass is 9.84. The molecule has 0 heterocycles. The Kier molecular flexibility index (Phi) is 7.87. The summed E-state index contributed by atoms with van der Waals surface area (Å²) in [6.45, 7) is 6.94. The van der Waals surface area contributed by atoms with Crippen LogP contribution in [-0.4, -0.2) is 34.2 Å². The Morgan fingerprint density at radius 3 is 1.89 bits per heavy atom. The minimum atomic E-state index is -1.40. The predicted octanol–water partition coefficient (Wildman–Crippen LogP) is 5.10. The lowest BCUT2D eigenvalue weighted by Gasteiger charge is -2.33. The summed E-state index contributed by atoms with van der Waals surface area (Å²) < 4.78 is 10.2. The van der Waals surface area contributed by atoms with Crippen LogP contribution in [0.25, 0.3) is 0 Å². The van der Waals surface area contributed by atoms with Crippen LogP contribution in [0.5, 0.6) is 0 Å². The molecular formula is C23H36O4Si. The number of carbonyl (C=O) groups is 2. The average Bonchev–Trinajstić information content (AvgIpc) is 3.10. The lowest BCUT2D eigenvalue weighted by Crippen LogP contribution is -2.40. The first-order chi connectivity index (χ1) is 13.4. The second kappa shape index (κ2) is 9.73. The maximum Gasteiger partial charge on any atom is 0.323 e. The van der Waals surface area contributed by atoms with E-state index in [0.29, 0.717) is 18.8 Å². The second-order valence-corrected chi connectivity index (χ2v) is 14.0. The highest BCUT2D eigenvalue weighted by Gasteiger charge is 2.57. The van der Waals surface area contributed by atoms with Gasteiger partial charge in [0.25, 0.3) is 0 Å². The number of rotatable bonds is 9. The molecule has 5 heteroatoms. The van der Waals surface area contributed by atoms with E-state index in [9.17, 15) is 9.59 Å². The molecule has 1 aliphatic rings. The number of esters is 2. The van der Waals surface area contributed by atoms with E-state index in [1.807, 2.05) is 6.07 Å². The largest absolute Gasteiger partial charge is 0.468 e. The van der Waals surface area contributed by atoms with Gasteiger partial charge in [0.1, 0.15) is 0 Å². The molecule has 28 heavy (non-hydrogen) atoms. The van der Waals surface area contributed by atoms with Gasteiger partial charge in [0.2, 0.25) is 0 Å². The number of hydrogen-bond donors (Lipinski definition) is 0. The Morgan fingerprint density at radius 2 is 1.43 bits per heavy atom. The molecule has 156 valence electrons. The van der Waals surface area contributed by atoms with E-state index in [1.165, 1.54) is 44.0 Å². The van der Waals surface area contributed by atoms with Gasteiger partial charge in [-0.1, -0.05) is 75.3 Å². The zero-order valence-electron chi connectivity index (χ0n) is 18.1. The van der Waals surface area contributed by atoms with E-state index in [4.69, 9.17) is 9.47 Å². The summed E-state index contributed by atoms with van der Waals surface area (Å²) in [6.07, 6.45) is 1.97. The SMILES string of the molecule is CC[Si](CC)(CC)C[C@H]1CC(C(=O)OC)(C(=O)OC)C[C@@H]1Cc1ccccc1. The molecule has 0 N–H and O–H groups in total. The highest BCUT2D eigenvalue weighted by Crippen LogP contribution is 2.52. The third kappa shape index (κ3) is 4.51. The first-order valence-corrected chi connectivity index (χ1v) is 13.4. The minimum absolute atomic E-state index is 0.289. The Hall–Kier alpha value is -1.62. The van der Waals surface area contributed by atoms with Gasteiger partial charge in [0.15, 0.2) is 5.41 Å². The van der Waals surface area contributed by atoms with Crippen molar-refractivity contribution < 1.29 is 19.1 Å². The Morgan fingerprint density at radius 1 is 0.929 bits per heavy atom. The van der Waals surface area contributed by atoms with Crippen LogP contribution < -0.4 is 0 Å². The maximum atomic E-state index is 12.7. The molecule has 1 aromatic carbocycles. The van der Waals surface area contributed by atoms with Gasteiger partial charge in [-0.05, 0) is 36.7 Å². The molecule has 2 rings (SSSR count). The molecular weight excluding hydrogens is 368 g/mol. The zero-order chi connectivity index (χ0) is 20.8. The monoisotopic (exact) mass is 404 g/mol. The molecule has 0 radical (unpaired) electrons. The zero-order valence-corrected chi connectivity index (χ0v) is 19.1. The van der Waals surface area contributed by atoms with Crippen LogP contribution in [-0.2, 0) is 25.5 Å². The molecule has 0 saturated heterocycles. The molecule has 1 aromatic rings. The van der Waals surface area contributed by atoms with Gasteiger partial charge in [0, 0.05) is 0 Å². The molecule has 0 amide bonds. The van der Waals surface area contributed by atoms with Gasteiger partial charge in [0.05, 0.1) is 22.3 Å². The lowest BCUT2D eigenvalue weighted by molar-refractivity contribution is -0.169. The van der Waals surface area contributed by atoms with E-state index >= 15 is 0 Å². The first kappa shape index (κ1) is 22.7. The van der Waals surface area contributed by atoms with Gasteiger partial charge >= 0.3 is 11.9 Å². The van der Waals surface area contributed by atoms with Crippen molar-refractivity contribution in [1.29, 1.82) is 0 Å². The fraction of sp³-hybridized carbons (Fsp3) is 0.652. The Bertz CT molecular complexity index is 630. The van der Waals surface area contributed by atoms with E-state index in [1.54, 1.807) is 0 Å². The highest BCUT2D eigenvalue weighted by atomic mass is 28.3. The summed E-state index contributed by atoms with van der Waals surface area (Å²) in [5, 5.41) is 0. The van der Waals surface area contributed by atoms with Crippen LogP contribution in [0.2, 0.25) is 24.2 Å². The molecule has 1 saturated carbocycles. The van der Waals surface area contributed by atoms with Crippen molar-refractivity contribution >= 4 is 20.0 Å². The molecule has 2 atom stereocenters. The summed E-state index contributed by atoms with van der Waals surface area (Å²) in [7, 11) is 1.34. The molecule has 0 unspecified atom stereocenters. The van der Waals surface area contributed by atoms with E-state index in [0.717, 1.165) is 6.42 Å². The number of ether oxygens (including phenoxy) is 2. The molecule has 0 aromatic heterocycles. The fourth-order valence-corrected chi connectivity index (χ4v) is 9.21. The fourth-order valence-electron chi connectivity index (χ4n) is 5.25. The summed E-state index contributed by atoms with van der Waals surface area (Å²) in [4.78, 5) is 25.5. The molecule has 1 fully saturated rings. The minimum Gasteiger partial charge on any atom is -0.468 e. The number of methoxy groups -OCH3 is 2. The molecule has 0 spiro atoms. The van der Waals surface area contributed by atoms with Gasteiger partial charge < -0.3 is 9.47 Å². The van der Waals surface area contributed by atoms with Crippen molar-refractivity contribution in [3.8, 4) is 0 Å². The van der Waals surface area contributed by atoms with Crippen molar-refractivity contribution in [2.45, 2.75) is 64.2 Å². The van der Waals surface area contributed by atoms with Gasteiger partial charge in [-0.15, -0.1) is 0 Å². The van der Waals surface area contributed by atoms with Crippen molar-refractivity contribution in [2.24, 2.45) is 17.3 Å². The summed E-state index contributed by atoms with van der Waals surface area (Å²) in [5.74, 6) is -0.226. The number of benzene rings is 1. The van der Waals surface area contributed by atoms with Crippen molar-refractivity contribution in [3.05, 3.63) is 35.9 Å². The average molecular weight is 405 g/mol. The van der Waals surface area contributed by atoms with E-state index in [2.05, 4.69) is 45.0 Å². The molecule has 1 aliphatic carbocycles. The highest BCUT2D eigenvalue weighted by molar-refractivity contribution is 6.79. The number of hydrogen-bond acceptors (Lipinski definition) is 4. The third-order valence-electron chi connectivity index (χ3n) is 7.33. The number of carbonyl (C=O) groups excluding carboxylic acids is 2.